The molecule has 2 aliphatic rings. The van der Waals surface area contributed by atoms with Gasteiger partial charge in [0.2, 0.25) is 26.0 Å². The zero-order chi connectivity index (χ0) is 25.8. The number of ether oxygens (including phenoxy) is 1. The van der Waals surface area contributed by atoms with Crippen molar-refractivity contribution < 1.29 is 26.4 Å². The van der Waals surface area contributed by atoms with Crippen molar-refractivity contribution in [3.05, 3.63) is 54.1 Å². The van der Waals surface area contributed by atoms with Gasteiger partial charge in [-0.05, 0) is 55.2 Å². The van der Waals surface area contributed by atoms with Crippen molar-refractivity contribution in [2.75, 3.05) is 46.4 Å². The average Bonchev–Trinajstić information content (AvgIpc) is 2.92. The maximum Gasteiger partial charge on any atom is 0.243 e. The number of rotatable bonds is 8. The van der Waals surface area contributed by atoms with Crippen LogP contribution in [0.2, 0.25) is 0 Å². The van der Waals surface area contributed by atoms with Crippen LogP contribution >= 0.6 is 0 Å². The fourth-order valence-corrected chi connectivity index (χ4v) is 7.70. The van der Waals surface area contributed by atoms with Gasteiger partial charge in [-0.2, -0.15) is 8.61 Å². The number of benzene rings is 2. The van der Waals surface area contributed by atoms with Crippen molar-refractivity contribution in [1.29, 1.82) is 0 Å². The van der Waals surface area contributed by atoms with Crippen molar-refractivity contribution in [2.24, 2.45) is 0 Å². The summed E-state index contributed by atoms with van der Waals surface area (Å²) < 4.78 is 60.2. The zero-order valence-electron chi connectivity index (χ0n) is 20.5. The number of carbonyl (C=O) groups excluding carboxylic acids is 1. The topological polar surface area (TPSA) is 104 Å². The fraction of sp³-hybridized carbons (Fsp3) is 0.480. The van der Waals surface area contributed by atoms with Crippen LogP contribution in [0.3, 0.4) is 0 Å². The normalized spacial score (nSPS) is 18.2. The summed E-state index contributed by atoms with van der Waals surface area (Å²) in [6.07, 6.45) is 3.25. The Hall–Kier alpha value is -2.47. The van der Waals surface area contributed by atoms with E-state index in [9.17, 15) is 21.6 Å². The molecule has 0 unspecified atom stereocenters. The summed E-state index contributed by atoms with van der Waals surface area (Å²) in [5.74, 6) is 0.442. The number of piperazine rings is 1. The molecule has 2 aliphatic heterocycles. The second kappa shape index (κ2) is 11.3. The Morgan fingerprint density at radius 1 is 0.778 bits per heavy atom. The van der Waals surface area contributed by atoms with E-state index in [-0.39, 0.29) is 35.2 Å². The first-order valence-corrected chi connectivity index (χ1v) is 15.1. The largest absolute Gasteiger partial charge is 0.496 e. The van der Waals surface area contributed by atoms with E-state index in [0.717, 1.165) is 19.3 Å². The molecule has 0 spiro atoms. The van der Waals surface area contributed by atoms with E-state index in [2.05, 4.69) is 0 Å². The minimum Gasteiger partial charge on any atom is -0.496 e. The lowest BCUT2D eigenvalue weighted by Crippen LogP contribution is -2.50. The minimum atomic E-state index is -3.59. The van der Waals surface area contributed by atoms with E-state index in [0.29, 0.717) is 43.9 Å². The summed E-state index contributed by atoms with van der Waals surface area (Å²) in [5, 5.41) is 0. The predicted molar refractivity (Wildman–Crippen MR) is 136 cm³/mol. The quantitative estimate of drug-likeness (QED) is 0.514. The molecule has 0 saturated carbocycles. The van der Waals surface area contributed by atoms with Gasteiger partial charge in [0, 0.05) is 45.7 Å². The lowest BCUT2D eigenvalue weighted by atomic mass is 10.1. The Labute approximate surface area is 213 Å². The van der Waals surface area contributed by atoms with Gasteiger partial charge in [0.1, 0.15) is 5.75 Å². The smallest absolute Gasteiger partial charge is 0.243 e. The molecule has 0 atom stereocenters. The van der Waals surface area contributed by atoms with Gasteiger partial charge in [-0.1, -0.05) is 24.6 Å². The van der Waals surface area contributed by atoms with Crippen LogP contribution in [0.1, 0.15) is 31.2 Å². The fourth-order valence-electron chi connectivity index (χ4n) is 4.68. The monoisotopic (exact) mass is 535 g/mol. The highest BCUT2D eigenvalue weighted by Gasteiger charge is 2.30. The third kappa shape index (κ3) is 5.74. The number of methoxy groups -OCH3 is 1. The summed E-state index contributed by atoms with van der Waals surface area (Å²) in [4.78, 5) is 15.0. The Bertz CT molecular complexity index is 1270. The van der Waals surface area contributed by atoms with Crippen LogP contribution in [0.15, 0.2) is 58.3 Å². The highest BCUT2D eigenvalue weighted by Crippen LogP contribution is 2.27. The van der Waals surface area contributed by atoms with Crippen molar-refractivity contribution in [2.45, 2.75) is 41.9 Å². The molecule has 2 aromatic rings. The van der Waals surface area contributed by atoms with E-state index in [1.54, 1.807) is 53.4 Å². The summed E-state index contributed by atoms with van der Waals surface area (Å²) in [7, 11) is -5.66. The number of sulfonamides is 2. The first-order chi connectivity index (χ1) is 17.2. The summed E-state index contributed by atoms with van der Waals surface area (Å²) in [6, 6.07) is 13.1. The van der Waals surface area contributed by atoms with E-state index in [4.69, 9.17) is 4.74 Å². The van der Waals surface area contributed by atoms with Crippen LogP contribution < -0.4 is 4.74 Å². The minimum absolute atomic E-state index is 0.0990. The van der Waals surface area contributed by atoms with E-state index >= 15 is 0 Å². The number of carbonyl (C=O) groups is 1. The highest BCUT2D eigenvalue weighted by atomic mass is 32.2. The molecule has 9 nitrogen and oxygen atoms in total. The van der Waals surface area contributed by atoms with Crippen LogP contribution in [0, 0.1) is 0 Å². The molecule has 0 aromatic heterocycles. The van der Waals surface area contributed by atoms with Crippen molar-refractivity contribution in [3.8, 4) is 5.75 Å². The molecular formula is C25H33N3O6S2. The number of hydrogen-bond donors (Lipinski definition) is 0. The Kier molecular flexibility index (Phi) is 8.34. The number of nitrogens with zero attached hydrogens (tertiary/aromatic N) is 3. The van der Waals surface area contributed by atoms with Gasteiger partial charge in [0.25, 0.3) is 0 Å². The second-order valence-electron chi connectivity index (χ2n) is 9.04. The van der Waals surface area contributed by atoms with Crippen LogP contribution in [0.25, 0.3) is 0 Å². The van der Waals surface area contributed by atoms with E-state index < -0.39 is 20.0 Å². The van der Waals surface area contributed by atoms with Crippen molar-refractivity contribution in [1.82, 2.24) is 13.5 Å². The number of piperidine rings is 1. The molecule has 0 bridgehead atoms. The lowest BCUT2D eigenvalue weighted by Gasteiger charge is -2.34. The summed E-state index contributed by atoms with van der Waals surface area (Å²) >= 11 is 0. The zero-order valence-corrected chi connectivity index (χ0v) is 22.1. The van der Waals surface area contributed by atoms with Gasteiger partial charge in [0.15, 0.2) is 0 Å². The molecule has 0 aliphatic carbocycles. The van der Waals surface area contributed by atoms with E-state index in [1.807, 2.05) is 0 Å². The van der Waals surface area contributed by atoms with Gasteiger partial charge in [0.05, 0.1) is 16.9 Å². The number of aryl methyl sites for hydroxylation is 1. The second-order valence-corrected chi connectivity index (χ2v) is 12.9. The summed E-state index contributed by atoms with van der Waals surface area (Å²) in [6.45, 7) is 2.13. The molecule has 36 heavy (non-hydrogen) atoms. The third-order valence-corrected chi connectivity index (χ3v) is 10.6. The Balaban J connectivity index is 1.38. The van der Waals surface area contributed by atoms with Crippen LogP contribution in [-0.4, -0.2) is 82.6 Å². The molecule has 2 fully saturated rings. The molecule has 196 valence electrons. The van der Waals surface area contributed by atoms with Crippen molar-refractivity contribution >= 4 is 26.0 Å². The molecule has 2 heterocycles. The summed E-state index contributed by atoms with van der Waals surface area (Å²) in [5.41, 5.74) is 0.661. The Morgan fingerprint density at radius 2 is 1.39 bits per heavy atom. The highest BCUT2D eigenvalue weighted by molar-refractivity contribution is 7.89. The Morgan fingerprint density at radius 3 is 2.03 bits per heavy atom. The number of hydrogen-bond acceptors (Lipinski definition) is 6. The maximum absolute atomic E-state index is 13.1. The van der Waals surface area contributed by atoms with Gasteiger partial charge in [-0.15, -0.1) is 0 Å². The van der Waals surface area contributed by atoms with E-state index in [1.165, 1.54) is 15.7 Å². The molecule has 11 heteroatoms. The molecule has 0 radical (unpaired) electrons. The number of amides is 1. The maximum atomic E-state index is 13.1. The first kappa shape index (κ1) is 26.6. The SMILES string of the molecule is COc1ccc(S(=O)(=O)N2CCCCC2)cc1CCC(=O)N1CCN(S(=O)(=O)c2ccccc2)CC1. The average molecular weight is 536 g/mol. The van der Waals surface area contributed by atoms with Crippen molar-refractivity contribution in [3.63, 3.8) is 0 Å². The molecule has 2 aromatic carbocycles. The van der Waals surface area contributed by atoms with Gasteiger partial charge in [-0.25, -0.2) is 16.8 Å². The first-order valence-electron chi connectivity index (χ1n) is 12.2. The molecule has 0 N–H and O–H groups in total. The third-order valence-electron chi connectivity index (χ3n) is 6.79. The molecule has 4 rings (SSSR count). The van der Waals surface area contributed by atoms with Gasteiger partial charge >= 0.3 is 0 Å². The van der Waals surface area contributed by atoms with Crippen LogP contribution in [-0.2, 0) is 31.3 Å². The predicted octanol–water partition coefficient (Wildman–Crippen LogP) is 2.34. The molecule has 2 saturated heterocycles. The standard InChI is InChI=1S/C25H33N3O6S2/c1-34-24-12-11-23(36(32,33)27-14-6-3-7-15-27)20-21(24)10-13-25(29)26-16-18-28(19-17-26)35(30,31)22-8-4-2-5-9-22/h2,4-5,8-9,11-12,20H,3,6-7,10,13-19H2,1H3. The molecular weight excluding hydrogens is 502 g/mol. The lowest BCUT2D eigenvalue weighted by molar-refractivity contribution is -0.132. The van der Waals surface area contributed by atoms with Gasteiger partial charge < -0.3 is 9.64 Å². The van der Waals surface area contributed by atoms with Gasteiger partial charge in [-0.3, -0.25) is 4.79 Å². The molecule has 1 amide bonds. The van der Waals surface area contributed by atoms with Crippen LogP contribution in [0.5, 0.6) is 5.75 Å². The van der Waals surface area contributed by atoms with Crippen LogP contribution in [0.4, 0.5) is 0 Å².